The van der Waals surface area contributed by atoms with E-state index < -0.39 is 39.8 Å². The zero-order chi connectivity index (χ0) is 29.1. The summed E-state index contributed by atoms with van der Waals surface area (Å²) >= 11 is 0. The minimum absolute atomic E-state index is 0.00689. The molecule has 1 aromatic carbocycles. The van der Waals surface area contributed by atoms with Crippen LogP contribution in [0.25, 0.3) is 11.3 Å². The number of aliphatic hydroxyl groups is 1. The first-order chi connectivity index (χ1) is 18.9. The van der Waals surface area contributed by atoms with Gasteiger partial charge >= 0.3 is 6.18 Å². The summed E-state index contributed by atoms with van der Waals surface area (Å²) in [5.41, 5.74) is -0.0427. The predicted molar refractivity (Wildman–Crippen MR) is 148 cm³/mol. The molecule has 11 heteroatoms. The molecule has 1 saturated heterocycles. The fraction of sp³-hybridized carbons (Fsp3) is 0.621. The molecular weight excluding hydrogens is 543 g/mol. The van der Waals surface area contributed by atoms with Crippen LogP contribution in [-0.4, -0.2) is 51.2 Å². The van der Waals surface area contributed by atoms with Crippen LogP contribution in [0, 0.1) is 12.8 Å². The summed E-state index contributed by atoms with van der Waals surface area (Å²) < 4.78 is 65.7. The number of rotatable bonds is 9. The van der Waals surface area contributed by atoms with Crippen LogP contribution in [0.5, 0.6) is 0 Å². The molecule has 1 unspecified atom stereocenters. The van der Waals surface area contributed by atoms with Crippen LogP contribution in [0.2, 0.25) is 0 Å². The maximum atomic E-state index is 14.3. The molecule has 1 aliphatic heterocycles. The van der Waals surface area contributed by atoms with Gasteiger partial charge in [0.05, 0.1) is 22.6 Å². The Balaban J connectivity index is 1.74. The third kappa shape index (κ3) is 7.35. The maximum absolute atomic E-state index is 14.3. The quantitative estimate of drug-likeness (QED) is 0.371. The number of carbonyl (C=O) groups is 1. The molecule has 2 fully saturated rings. The van der Waals surface area contributed by atoms with Crippen LogP contribution in [0.1, 0.15) is 80.4 Å². The molecule has 0 radical (unpaired) electrons. The van der Waals surface area contributed by atoms with Gasteiger partial charge in [0.25, 0.3) is 5.91 Å². The van der Waals surface area contributed by atoms with E-state index in [9.17, 15) is 27.3 Å². The topological polar surface area (TPSA) is 92.6 Å². The largest absolute Gasteiger partial charge is 0.417 e. The fourth-order valence-electron chi connectivity index (χ4n) is 5.49. The lowest BCUT2D eigenvalue weighted by atomic mass is 9.89. The SMILES string of the molecule is Cc1c(C(=O)NC2CCOCC2)cc(-c2ccc(S(=O)NC(C)(C)CO)c(C(F)(F)F)c2)n1CC1CCCCC1. The normalized spacial score (nSPS) is 18.6. The van der Waals surface area contributed by atoms with Crippen molar-refractivity contribution in [1.29, 1.82) is 0 Å². The monoisotopic (exact) mass is 583 g/mol. The molecule has 2 heterocycles. The van der Waals surface area contributed by atoms with Gasteiger partial charge in [-0.3, -0.25) is 4.79 Å². The smallest absolute Gasteiger partial charge is 0.394 e. The Morgan fingerprint density at radius 1 is 1.10 bits per heavy atom. The van der Waals surface area contributed by atoms with E-state index in [4.69, 9.17) is 4.74 Å². The second-order valence-electron chi connectivity index (χ2n) is 11.6. The lowest BCUT2D eigenvalue weighted by molar-refractivity contribution is -0.139. The molecule has 1 atom stereocenters. The number of nitrogens with zero attached hydrogens (tertiary/aromatic N) is 1. The first-order valence-electron chi connectivity index (χ1n) is 14.0. The highest BCUT2D eigenvalue weighted by Crippen LogP contribution is 2.38. The summed E-state index contributed by atoms with van der Waals surface area (Å²) in [4.78, 5) is 12.9. The number of aliphatic hydroxyl groups excluding tert-OH is 1. The van der Waals surface area contributed by atoms with Crippen LogP contribution >= 0.6 is 0 Å². The minimum atomic E-state index is -4.76. The summed E-state index contributed by atoms with van der Waals surface area (Å²) in [6.45, 7) is 6.34. The molecule has 1 saturated carbocycles. The number of alkyl halides is 3. The zero-order valence-electron chi connectivity index (χ0n) is 23.4. The molecule has 1 aliphatic carbocycles. The summed E-state index contributed by atoms with van der Waals surface area (Å²) in [5.74, 6) is 0.140. The Labute approximate surface area is 236 Å². The van der Waals surface area contributed by atoms with Crippen molar-refractivity contribution in [3.05, 3.63) is 41.1 Å². The first kappa shape index (κ1) is 30.7. The van der Waals surface area contributed by atoms with Crippen LogP contribution in [-0.2, 0) is 28.4 Å². The van der Waals surface area contributed by atoms with Gasteiger partial charge in [0.2, 0.25) is 0 Å². The lowest BCUT2D eigenvalue weighted by Crippen LogP contribution is -2.43. The van der Waals surface area contributed by atoms with Crippen molar-refractivity contribution >= 4 is 16.9 Å². The highest BCUT2D eigenvalue weighted by Gasteiger charge is 2.37. The van der Waals surface area contributed by atoms with E-state index in [1.54, 1.807) is 19.9 Å². The minimum Gasteiger partial charge on any atom is -0.394 e. The van der Waals surface area contributed by atoms with Crippen molar-refractivity contribution in [3.8, 4) is 11.3 Å². The third-order valence-corrected chi connectivity index (χ3v) is 9.37. The van der Waals surface area contributed by atoms with Crippen molar-refractivity contribution in [1.82, 2.24) is 14.6 Å². The molecule has 3 N–H and O–H groups in total. The molecule has 2 aromatic rings. The van der Waals surface area contributed by atoms with E-state index in [-0.39, 0.29) is 11.9 Å². The molecule has 0 spiro atoms. The van der Waals surface area contributed by atoms with Crippen molar-refractivity contribution in [3.63, 3.8) is 0 Å². The molecule has 1 amide bonds. The summed E-state index contributed by atoms with van der Waals surface area (Å²) in [6, 6.07) is 5.46. The van der Waals surface area contributed by atoms with Crippen LogP contribution in [0.15, 0.2) is 29.2 Å². The van der Waals surface area contributed by atoms with Crippen molar-refractivity contribution in [2.24, 2.45) is 5.92 Å². The molecule has 4 rings (SSSR count). The molecule has 2 aliphatic rings. The maximum Gasteiger partial charge on any atom is 0.417 e. The van der Waals surface area contributed by atoms with Gasteiger partial charge in [-0.25, -0.2) is 8.93 Å². The Morgan fingerprint density at radius 2 is 1.77 bits per heavy atom. The number of aromatic nitrogens is 1. The van der Waals surface area contributed by atoms with Crippen molar-refractivity contribution in [2.75, 3.05) is 19.8 Å². The number of ether oxygens (including phenoxy) is 1. The second-order valence-corrected chi connectivity index (χ2v) is 12.8. The third-order valence-electron chi connectivity index (χ3n) is 7.88. The van der Waals surface area contributed by atoms with Gasteiger partial charge in [0.1, 0.15) is 11.0 Å². The summed E-state index contributed by atoms with van der Waals surface area (Å²) in [6.07, 6.45) is 2.18. The highest BCUT2D eigenvalue weighted by atomic mass is 32.2. The Kier molecular flexibility index (Phi) is 9.80. The van der Waals surface area contributed by atoms with Crippen LogP contribution in [0.3, 0.4) is 0 Å². The average molecular weight is 584 g/mol. The van der Waals surface area contributed by atoms with Crippen molar-refractivity contribution in [2.45, 2.75) is 94.9 Å². The van der Waals surface area contributed by atoms with Gasteiger partial charge in [-0.15, -0.1) is 0 Å². The highest BCUT2D eigenvalue weighted by molar-refractivity contribution is 7.83. The number of hydrogen-bond acceptors (Lipinski definition) is 4. The van der Waals surface area contributed by atoms with Gasteiger partial charge in [-0.05, 0) is 76.1 Å². The first-order valence-corrected chi connectivity index (χ1v) is 15.2. The van der Waals surface area contributed by atoms with E-state index in [2.05, 4.69) is 10.0 Å². The number of halogens is 3. The number of nitrogens with one attached hydrogen (secondary N) is 2. The van der Waals surface area contributed by atoms with Gasteiger partial charge in [0, 0.05) is 42.7 Å². The van der Waals surface area contributed by atoms with Gasteiger partial charge in [-0.2, -0.15) is 13.2 Å². The van der Waals surface area contributed by atoms with Crippen molar-refractivity contribution < 1.29 is 32.0 Å². The van der Waals surface area contributed by atoms with E-state index in [0.717, 1.165) is 50.3 Å². The Morgan fingerprint density at radius 3 is 2.40 bits per heavy atom. The lowest BCUT2D eigenvalue weighted by Gasteiger charge is -2.25. The average Bonchev–Trinajstić information content (AvgIpc) is 3.24. The van der Waals surface area contributed by atoms with Crippen LogP contribution in [0.4, 0.5) is 13.2 Å². The number of carbonyl (C=O) groups excluding carboxylic acids is 1. The number of hydrogen-bond donors (Lipinski definition) is 3. The van der Waals surface area contributed by atoms with E-state index in [0.29, 0.717) is 42.5 Å². The standard InChI is InChI=1S/C29H40F3N3O4S/c1-19-23(27(37)33-22-11-13-39-14-12-22)16-25(35(19)17-20-7-5-4-6-8-20)21-9-10-26(24(15-21)29(30,31)32)40(38)34-28(2,3)18-36/h9-10,15-16,20,22,34,36H,4-8,11-14,17-18H2,1-3H3,(H,33,37). The number of amides is 1. The molecule has 0 bridgehead atoms. The number of benzene rings is 1. The van der Waals surface area contributed by atoms with Gasteiger partial charge in [-0.1, -0.05) is 25.3 Å². The fourth-order valence-corrected chi connectivity index (χ4v) is 6.74. The zero-order valence-corrected chi connectivity index (χ0v) is 24.2. The van der Waals surface area contributed by atoms with Gasteiger partial charge in [0.15, 0.2) is 0 Å². The van der Waals surface area contributed by atoms with Crippen LogP contribution < -0.4 is 10.0 Å². The van der Waals surface area contributed by atoms with E-state index >= 15 is 0 Å². The second kappa shape index (κ2) is 12.8. The molecular formula is C29H40F3N3O4S. The Hall–Kier alpha value is -2.21. The predicted octanol–water partition coefficient (Wildman–Crippen LogP) is 5.35. The Bertz CT molecular complexity index is 1220. The molecule has 1 aromatic heterocycles. The van der Waals surface area contributed by atoms with E-state index in [1.165, 1.54) is 18.6 Å². The van der Waals surface area contributed by atoms with E-state index in [1.807, 2.05) is 11.5 Å². The molecule has 40 heavy (non-hydrogen) atoms. The molecule has 222 valence electrons. The summed E-state index contributed by atoms with van der Waals surface area (Å²) in [5, 5.41) is 12.6. The molecule has 7 nitrogen and oxygen atoms in total. The van der Waals surface area contributed by atoms with Gasteiger partial charge < -0.3 is 19.7 Å². The summed E-state index contributed by atoms with van der Waals surface area (Å²) in [7, 11) is -2.21.